The third kappa shape index (κ3) is 2.09. The number of nitrogens with two attached hydrogens (primary N) is 1. The molecule has 2 N–H and O–H groups in total. The molecule has 0 aromatic carbocycles. The number of amides is 1. The fourth-order valence-electron chi connectivity index (χ4n) is 1.67. The summed E-state index contributed by atoms with van der Waals surface area (Å²) in [7, 11) is 0. The summed E-state index contributed by atoms with van der Waals surface area (Å²) in [4.78, 5) is 17.9. The van der Waals surface area contributed by atoms with E-state index in [0.29, 0.717) is 17.6 Å². The monoisotopic (exact) mass is 205 g/mol. The number of hydrogen-bond donors (Lipinski definition) is 1. The lowest BCUT2D eigenvalue weighted by molar-refractivity contribution is 0.0747. The van der Waals surface area contributed by atoms with Crippen LogP contribution in [0.3, 0.4) is 0 Å². The lowest BCUT2D eigenvalue weighted by atomic mass is 10.3. The zero-order valence-corrected chi connectivity index (χ0v) is 8.81. The second-order valence-electron chi connectivity index (χ2n) is 3.77. The molecule has 1 aromatic rings. The van der Waals surface area contributed by atoms with Crippen molar-refractivity contribution in [2.75, 3.05) is 12.3 Å². The molecular weight excluding hydrogens is 190 g/mol. The Morgan fingerprint density at radius 3 is 2.87 bits per heavy atom. The second-order valence-corrected chi connectivity index (χ2v) is 3.77. The Hall–Kier alpha value is -1.58. The first-order valence-corrected chi connectivity index (χ1v) is 5.26. The van der Waals surface area contributed by atoms with Gasteiger partial charge < -0.3 is 10.6 Å². The molecule has 1 heterocycles. The highest BCUT2D eigenvalue weighted by Crippen LogP contribution is 2.27. The number of rotatable bonds is 3. The van der Waals surface area contributed by atoms with Gasteiger partial charge in [-0.15, -0.1) is 0 Å². The number of pyridine rings is 1. The zero-order valence-electron chi connectivity index (χ0n) is 8.81. The van der Waals surface area contributed by atoms with Crippen LogP contribution in [0.4, 0.5) is 5.82 Å². The summed E-state index contributed by atoms with van der Waals surface area (Å²) in [5.74, 6) is 0.389. The van der Waals surface area contributed by atoms with E-state index in [4.69, 9.17) is 5.73 Å². The summed E-state index contributed by atoms with van der Waals surface area (Å²) in [5, 5.41) is 0. The molecule has 1 aliphatic carbocycles. The molecule has 0 atom stereocenters. The van der Waals surface area contributed by atoms with Crippen molar-refractivity contribution in [2.45, 2.75) is 25.8 Å². The number of carbonyl (C=O) groups excluding carboxylic acids is 1. The molecule has 0 spiro atoms. The van der Waals surface area contributed by atoms with Crippen molar-refractivity contribution in [1.82, 2.24) is 9.88 Å². The van der Waals surface area contributed by atoms with Crippen LogP contribution in [-0.2, 0) is 0 Å². The predicted molar refractivity (Wildman–Crippen MR) is 58.4 cm³/mol. The smallest absolute Gasteiger partial charge is 0.272 e. The maximum atomic E-state index is 12.0. The van der Waals surface area contributed by atoms with E-state index >= 15 is 0 Å². The maximum Gasteiger partial charge on any atom is 0.272 e. The van der Waals surface area contributed by atoms with Crippen LogP contribution in [0.25, 0.3) is 0 Å². The summed E-state index contributed by atoms with van der Waals surface area (Å²) in [6.45, 7) is 2.72. The fourth-order valence-corrected chi connectivity index (χ4v) is 1.67. The third-order valence-corrected chi connectivity index (χ3v) is 2.58. The molecule has 1 aliphatic rings. The number of aromatic nitrogens is 1. The van der Waals surface area contributed by atoms with Crippen LogP contribution < -0.4 is 5.73 Å². The molecule has 0 radical (unpaired) electrons. The van der Waals surface area contributed by atoms with Gasteiger partial charge in [-0.2, -0.15) is 0 Å². The predicted octanol–water partition coefficient (Wildman–Crippen LogP) is 1.29. The summed E-state index contributed by atoms with van der Waals surface area (Å²) in [6, 6.07) is 5.58. The van der Waals surface area contributed by atoms with Crippen molar-refractivity contribution in [3.63, 3.8) is 0 Å². The summed E-state index contributed by atoms with van der Waals surface area (Å²) >= 11 is 0. The quantitative estimate of drug-likeness (QED) is 0.808. The molecule has 15 heavy (non-hydrogen) atoms. The van der Waals surface area contributed by atoms with Gasteiger partial charge in [-0.25, -0.2) is 4.98 Å². The number of nitrogen functional groups attached to an aromatic ring is 1. The minimum absolute atomic E-state index is 0.00713. The second kappa shape index (κ2) is 3.88. The minimum atomic E-state index is -0.00713. The Morgan fingerprint density at radius 2 is 2.33 bits per heavy atom. The van der Waals surface area contributed by atoms with E-state index in [1.54, 1.807) is 18.2 Å². The van der Waals surface area contributed by atoms with Gasteiger partial charge in [0.25, 0.3) is 5.91 Å². The van der Waals surface area contributed by atoms with E-state index < -0.39 is 0 Å². The highest BCUT2D eigenvalue weighted by atomic mass is 16.2. The Morgan fingerprint density at radius 1 is 1.60 bits per heavy atom. The third-order valence-electron chi connectivity index (χ3n) is 2.58. The van der Waals surface area contributed by atoms with E-state index in [9.17, 15) is 4.79 Å². The zero-order chi connectivity index (χ0) is 10.8. The SMILES string of the molecule is CCN(C(=O)c1cccc(N)n1)C1CC1. The molecule has 4 heteroatoms. The van der Waals surface area contributed by atoms with Gasteiger partial charge >= 0.3 is 0 Å². The Balaban J connectivity index is 2.18. The van der Waals surface area contributed by atoms with Crippen LogP contribution in [0.2, 0.25) is 0 Å². The molecule has 1 fully saturated rings. The normalized spacial score (nSPS) is 15.0. The molecule has 1 saturated carbocycles. The first-order valence-electron chi connectivity index (χ1n) is 5.26. The van der Waals surface area contributed by atoms with Crippen molar-refractivity contribution in [3.8, 4) is 0 Å². The summed E-state index contributed by atoms with van der Waals surface area (Å²) in [6.07, 6.45) is 2.23. The van der Waals surface area contributed by atoms with E-state index in [1.165, 1.54) is 0 Å². The largest absolute Gasteiger partial charge is 0.384 e. The van der Waals surface area contributed by atoms with E-state index in [2.05, 4.69) is 4.98 Å². The standard InChI is InChI=1S/C11H15N3O/c1-2-14(8-6-7-8)11(15)9-4-3-5-10(12)13-9/h3-5,8H,2,6-7H2,1H3,(H2,12,13). The molecule has 1 aromatic heterocycles. The van der Waals surface area contributed by atoms with Gasteiger partial charge in [0, 0.05) is 12.6 Å². The fraction of sp³-hybridized carbons (Fsp3) is 0.455. The van der Waals surface area contributed by atoms with Gasteiger partial charge in [0.15, 0.2) is 0 Å². The van der Waals surface area contributed by atoms with Crippen LogP contribution in [0.1, 0.15) is 30.3 Å². The van der Waals surface area contributed by atoms with Crippen molar-refractivity contribution in [1.29, 1.82) is 0 Å². The van der Waals surface area contributed by atoms with Crippen LogP contribution in [0.5, 0.6) is 0 Å². The van der Waals surface area contributed by atoms with Crippen LogP contribution in [0, 0.1) is 0 Å². The highest BCUT2D eigenvalue weighted by Gasteiger charge is 2.32. The lowest BCUT2D eigenvalue weighted by Crippen LogP contribution is -2.33. The Bertz CT molecular complexity index is 374. The van der Waals surface area contributed by atoms with Crippen molar-refractivity contribution < 1.29 is 4.79 Å². The Kier molecular flexibility index (Phi) is 2.58. The van der Waals surface area contributed by atoms with Crippen LogP contribution >= 0.6 is 0 Å². The van der Waals surface area contributed by atoms with Crippen molar-refractivity contribution in [2.24, 2.45) is 0 Å². The van der Waals surface area contributed by atoms with Gasteiger partial charge in [-0.3, -0.25) is 4.79 Å². The van der Waals surface area contributed by atoms with Gasteiger partial charge in [-0.05, 0) is 31.9 Å². The molecule has 0 bridgehead atoms. The molecule has 4 nitrogen and oxygen atoms in total. The van der Waals surface area contributed by atoms with Crippen molar-refractivity contribution in [3.05, 3.63) is 23.9 Å². The lowest BCUT2D eigenvalue weighted by Gasteiger charge is -2.19. The molecule has 0 aliphatic heterocycles. The number of carbonyl (C=O) groups is 1. The first-order chi connectivity index (χ1) is 7.22. The highest BCUT2D eigenvalue weighted by molar-refractivity contribution is 5.93. The van der Waals surface area contributed by atoms with Crippen LogP contribution in [-0.4, -0.2) is 28.4 Å². The summed E-state index contributed by atoms with van der Waals surface area (Å²) in [5.41, 5.74) is 6.00. The van der Waals surface area contributed by atoms with Gasteiger partial charge in [-0.1, -0.05) is 6.07 Å². The van der Waals surface area contributed by atoms with Gasteiger partial charge in [0.2, 0.25) is 0 Å². The molecule has 80 valence electrons. The number of hydrogen-bond acceptors (Lipinski definition) is 3. The molecule has 1 amide bonds. The minimum Gasteiger partial charge on any atom is -0.384 e. The van der Waals surface area contributed by atoms with E-state index in [-0.39, 0.29) is 5.91 Å². The number of anilines is 1. The first kappa shape index (κ1) is 9.96. The molecular formula is C11H15N3O. The van der Waals surface area contributed by atoms with E-state index in [0.717, 1.165) is 19.4 Å². The summed E-state index contributed by atoms with van der Waals surface area (Å²) < 4.78 is 0. The maximum absolute atomic E-state index is 12.0. The van der Waals surface area contributed by atoms with Crippen molar-refractivity contribution >= 4 is 11.7 Å². The van der Waals surface area contributed by atoms with Gasteiger partial charge in [0.05, 0.1) is 0 Å². The topological polar surface area (TPSA) is 59.2 Å². The molecule has 0 unspecified atom stereocenters. The Labute approximate surface area is 89.1 Å². The average Bonchev–Trinajstić information content (AvgIpc) is 3.03. The average molecular weight is 205 g/mol. The number of nitrogens with zero attached hydrogens (tertiary/aromatic N) is 2. The van der Waals surface area contributed by atoms with Gasteiger partial charge in [0.1, 0.15) is 11.5 Å². The van der Waals surface area contributed by atoms with Crippen LogP contribution in [0.15, 0.2) is 18.2 Å². The molecule has 2 rings (SSSR count). The van der Waals surface area contributed by atoms with E-state index in [1.807, 2.05) is 11.8 Å². The molecule has 0 saturated heterocycles.